The summed E-state index contributed by atoms with van der Waals surface area (Å²) in [6.07, 6.45) is 8.15. The van der Waals surface area contributed by atoms with Crippen molar-refractivity contribution in [2.24, 2.45) is 11.5 Å². The summed E-state index contributed by atoms with van der Waals surface area (Å²) in [6, 6.07) is 12.9. The van der Waals surface area contributed by atoms with E-state index in [1.165, 1.54) is 11.8 Å². The van der Waals surface area contributed by atoms with Gasteiger partial charge < -0.3 is 16.6 Å². The predicted octanol–water partition coefficient (Wildman–Crippen LogP) is 3.57. The molecule has 0 aliphatic heterocycles. The second-order valence-corrected chi connectivity index (χ2v) is 7.18. The van der Waals surface area contributed by atoms with Gasteiger partial charge in [0.25, 0.3) is 0 Å². The summed E-state index contributed by atoms with van der Waals surface area (Å²) in [5.74, 6) is 0. The number of allylic oxidation sites excluding steroid dienone is 4. The molecule has 1 aromatic carbocycles. The van der Waals surface area contributed by atoms with Crippen LogP contribution in [-0.4, -0.2) is 10.1 Å². The molecule has 0 radical (unpaired) electrons. The molecule has 1 unspecified atom stereocenters. The monoisotopic (exact) mass is 376 g/mol. The molecule has 6 heteroatoms. The van der Waals surface area contributed by atoms with Gasteiger partial charge in [-0.2, -0.15) is 5.26 Å². The number of thioether (sulfide) groups is 1. The lowest BCUT2D eigenvalue weighted by Gasteiger charge is -2.14. The molecule has 0 saturated heterocycles. The van der Waals surface area contributed by atoms with Crippen LogP contribution in [0.1, 0.15) is 35.6 Å². The molecule has 27 heavy (non-hydrogen) atoms. The highest BCUT2D eigenvalue weighted by molar-refractivity contribution is 8.07. The minimum Gasteiger partial charge on any atom is -0.401 e. The van der Waals surface area contributed by atoms with E-state index in [0.29, 0.717) is 21.7 Å². The fourth-order valence-electron chi connectivity index (χ4n) is 2.79. The average Bonchev–Trinajstić information content (AvgIpc) is 2.70. The Hall–Kier alpha value is -3.01. The first kappa shape index (κ1) is 18.8. The van der Waals surface area contributed by atoms with E-state index in [1.807, 2.05) is 24.3 Å². The van der Waals surface area contributed by atoms with E-state index in [9.17, 15) is 10.4 Å². The molecule has 1 aliphatic carbocycles. The number of benzene rings is 1. The van der Waals surface area contributed by atoms with Crippen molar-refractivity contribution in [3.8, 4) is 6.07 Å². The highest BCUT2D eigenvalue weighted by Crippen LogP contribution is 2.34. The van der Waals surface area contributed by atoms with Crippen molar-refractivity contribution < 1.29 is 5.11 Å². The largest absolute Gasteiger partial charge is 0.401 e. The Morgan fingerprint density at radius 3 is 2.70 bits per heavy atom. The fourth-order valence-corrected chi connectivity index (χ4v) is 3.69. The number of aliphatic hydroxyl groups is 1. The highest BCUT2D eigenvalue weighted by atomic mass is 32.2. The zero-order valence-corrected chi connectivity index (χ0v) is 15.5. The number of pyridine rings is 1. The van der Waals surface area contributed by atoms with E-state index < -0.39 is 6.10 Å². The van der Waals surface area contributed by atoms with Gasteiger partial charge in [0.05, 0.1) is 10.6 Å². The number of nitriles is 1. The van der Waals surface area contributed by atoms with Crippen LogP contribution in [0.25, 0.3) is 5.57 Å². The molecule has 5 nitrogen and oxygen atoms in total. The molecule has 1 aliphatic rings. The number of aliphatic hydroxyl groups excluding tert-OH is 1. The van der Waals surface area contributed by atoms with Crippen LogP contribution in [0.4, 0.5) is 0 Å². The molecule has 0 fully saturated rings. The first-order valence-corrected chi connectivity index (χ1v) is 9.33. The molecular formula is C21H20N4OS. The van der Waals surface area contributed by atoms with E-state index in [2.05, 4.69) is 11.1 Å². The standard InChI is InChI=1S/C21H20N4OS/c22-13-17(21(24)27-19-7-2-1-6-18(19)23)15-4-3-5-16(12-15)20(26)14-8-10-25-11-9-14/h2-5,7-12,20,26H,1,6,23-24H2/b21-17+. The van der Waals surface area contributed by atoms with E-state index in [4.69, 9.17) is 11.5 Å². The molecule has 1 heterocycles. The zero-order chi connectivity index (χ0) is 19.2. The van der Waals surface area contributed by atoms with E-state index in [1.54, 1.807) is 36.7 Å². The summed E-state index contributed by atoms with van der Waals surface area (Å²) in [5.41, 5.74) is 15.5. The maximum absolute atomic E-state index is 10.6. The molecule has 3 rings (SSSR count). The zero-order valence-electron chi connectivity index (χ0n) is 14.7. The van der Waals surface area contributed by atoms with Crippen molar-refractivity contribution in [3.63, 3.8) is 0 Å². The molecule has 136 valence electrons. The third kappa shape index (κ3) is 4.40. The second kappa shape index (κ2) is 8.58. The topological polar surface area (TPSA) is 109 Å². The summed E-state index contributed by atoms with van der Waals surface area (Å²) in [6.45, 7) is 0. The number of aromatic nitrogens is 1. The fraction of sp³-hybridized carbons (Fsp3) is 0.143. The average molecular weight is 376 g/mol. The summed E-state index contributed by atoms with van der Waals surface area (Å²) in [5, 5.41) is 20.6. The Labute approximate surface area is 162 Å². The van der Waals surface area contributed by atoms with Gasteiger partial charge in [-0.3, -0.25) is 4.98 Å². The summed E-state index contributed by atoms with van der Waals surface area (Å²) >= 11 is 1.30. The maximum atomic E-state index is 10.6. The van der Waals surface area contributed by atoms with Gasteiger partial charge in [0.15, 0.2) is 0 Å². The molecular weight excluding hydrogens is 356 g/mol. The Balaban J connectivity index is 1.92. The lowest BCUT2D eigenvalue weighted by molar-refractivity contribution is 0.220. The van der Waals surface area contributed by atoms with Gasteiger partial charge in [0, 0.05) is 23.0 Å². The third-order valence-corrected chi connectivity index (χ3v) is 5.30. The molecule has 1 aromatic heterocycles. The number of rotatable bonds is 5. The van der Waals surface area contributed by atoms with Crippen LogP contribution < -0.4 is 11.5 Å². The maximum Gasteiger partial charge on any atom is 0.104 e. The number of hydrogen-bond donors (Lipinski definition) is 3. The molecule has 5 N–H and O–H groups in total. The summed E-state index contributed by atoms with van der Waals surface area (Å²) < 4.78 is 0. The summed E-state index contributed by atoms with van der Waals surface area (Å²) in [4.78, 5) is 4.84. The van der Waals surface area contributed by atoms with Gasteiger partial charge in [-0.25, -0.2) is 0 Å². The van der Waals surface area contributed by atoms with Crippen molar-refractivity contribution in [2.45, 2.75) is 18.9 Å². The number of nitrogens with zero attached hydrogens (tertiary/aromatic N) is 2. The third-order valence-electron chi connectivity index (χ3n) is 4.26. The number of nitrogens with two attached hydrogens (primary N) is 2. The van der Waals surface area contributed by atoms with Crippen LogP contribution in [0.15, 0.2) is 76.6 Å². The smallest absolute Gasteiger partial charge is 0.104 e. The van der Waals surface area contributed by atoms with Crippen LogP contribution in [0, 0.1) is 11.3 Å². The van der Waals surface area contributed by atoms with Crippen molar-refractivity contribution >= 4 is 17.3 Å². The minimum absolute atomic E-state index is 0.364. The van der Waals surface area contributed by atoms with E-state index >= 15 is 0 Å². The Morgan fingerprint density at radius 2 is 2.00 bits per heavy atom. The van der Waals surface area contributed by atoms with Crippen molar-refractivity contribution in [3.05, 3.63) is 93.3 Å². The number of hydrogen-bond acceptors (Lipinski definition) is 6. The lowest BCUT2D eigenvalue weighted by Crippen LogP contribution is -2.05. The van der Waals surface area contributed by atoms with Gasteiger partial charge in [-0.05, 0) is 47.7 Å². The first-order chi connectivity index (χ1) is 13.1. The SMILES string of the molecule is N#C/C(=C(/N)SC1=C(N)CCC=C1)c1cccc(C(O)c2ccncc2)c1. The van der Waals surface area contributed by atoms with Crippen molar-refractivity contribution in [1.82, 2.24) is 4.98 Å². The Kier molecular flexibility index (Phi) is 5.97. The van der Waals surface area contributed by atoms with Gasteiger partial charge in [0.2, 0.25) is 0 Å². The van der Waals surface area contributed by atoms with Crippen LogP contribution in [0.2, 0.25) is 0 Å². The normalized spacial score (nSPS) is 15.9. The van der Waals surface area contributed by atoms with Crippen LogP contribution >= 0.6 is 11.8 Å². The van der Waals surface area contributed by atoms with Gasteiger partial charge >= 0.3 is 0 Å². The van der Waals surface area contributed by atoms with Crippen molar-refractivity contribution in [2.75, 3.05) is 0 Å². The van der Waals surface area contributed by atoms with E-state index in [0.717, 1.165) is 29.0 Å². The molecule has 0 bridgehead atoms. The second-order valence-electron chi connectivity index (χ2n) is 6.09. The Bertz CT molecular complexity index is 958. The van der Waals surface area contributed by atoms with Crippen LogP contribution in [0.5, 0.6) is 0 Å². The molecule has 0 amide bonds. The van der Waals surface area contributed by atoms with Crippen LogP contribution in [0.3, 0.4) is 0 Å². The van der Waals surface area contributed by atoms with E-state index in [-0.39, 0.29) is 0 Å². The van der Waals surface area contributed by atoms with Crippen molar-refractivity contribution in [1.29, 1.82) is 5.26 Å². The molecule has 1 atom stereocenters. The summed E-state index contributed by atoms with van der Waals surface area (Å²) in [7, 11) is 0. The lowest BCUT2D eigenvalue weighted by atomic mass is 9.98. The molecule has 0 saturated carbocycles. The van der Waals surface area contributed by atoms with Crippen LogP contribution in [-0.2, 0) is 0 Å². The quantitative estimate of drug-likeness (QED) is 0.688. The van der Waals surface area contributed by atoms with Gasteiger partial charge in [-0.15, -0.1) is 0 Å². The molecule has 0 spiro atoms. The Morgan fingerprint density at radius 1 is 1.22 bits per heavy atom. The van der Waals surface area contributed by atoms with Gasteiger partial charge in [0.1, 0.15) is 12.2 Å². The van der Waals surface area contributed by atoms with Gasteiger partial charge in [-0.1, -0.05) is 42.1 Å². The highest BCUT2D eigenvalue weighted by Gasteiger charge is 2.15. The predicted molar refractivity (Wildman–Crippen MR) is 109 cm³/mol. The molecule has 2 aromatic rings. The first-order valence-electron chi connectivity index (χ1n) is 8.51. The minimum atomic E-state index is -0.804.